The number of aromatic nitrogens is 4. The zero-order valence-electron chi connectivity index (χ0n) is 11.9. The highest BCUT2D eigenvalue weighted by molar-refractivity contribution is 5.70. The number of nitrogen functional groups attached to an aromatic ring is 1. The topological polar surface area (TPSA) is 145 Å². The van der Waals surface area contributed by atoms with Gasteiger partial charge in [-0.1, -0.05) is 11.8 Å². The minimum absolute atomic E-state index is 0.0222. The summed E-state index contributed by atoms with van der Waals surface area (Å²) in [6.07, 6.45) is -0.528. The molecule has 0 bridgehead atoms. The predicted octanol–water partition coefficient (Wildman–Crippen LogP) is -1.67. The van der Waals surface area contributed by atoms with E-state index >= 15 is 0 Å². The average Bonchev–Trinajstić information content (AvgIpc) is 3.05. The monoisotopic (exact) mass is 322 g/mol. The van der Waals surface area contributed by atoms with Gasteiger partial charge in [0.2, 0.25) is 5.95 Å². The molecule has 1 saturated heterocycles. The largest absolute Gasteiger partial charge is 0.394 e. The molecule has 0 amide bonds. The molecule has 0 aromatic carbocycles. The van der Waals surface area contributed by atoms with Crippen LogP contribution in [0.1, 0.15) is 6.23 Å². The van der Waals surface area contributed by atoms with Crippen LogP contribution in [0.15, 0.2) is 12.5 Å². The number of imidazole rings is 1. The van der Waals surface area contributed by atoms with Crippen LogP contribution in [0.4, 0.5) is 10.3 Å². The van der Waals surface area contributed by atoms with Crippen molar-refractivity contribution in [2.24, 2.45) is 5.73 Å². The zero-order valence-corrected chi connectivity index (χ0v) is 11.9. The Balaban J connectivity index is 2.13. The third kappa shape index (κ3) is 2.40. The maximum absolute atomic E-state index is 12.4. The van der Waals surface area contributed by atoms with Crippen molar-refractivity contribution in [3.05, 3.63) is 12.5 Å². The van der Waals surface area contributed by atoms with E-state index in [4.69, 9.17) is 16.2 Å². The number of anilines is 1. The van der Waals surface area contributed by atoms with Crippen molar-refractivity contribution in [2.45, 2.75) is 24.0 Å². The number of fused-ring (bicyclic) bond motifs is 1. The third-order valence-corrected chi connectivity index (χ3v) is 3.69. The maximum atomic E-state index is 12.4. The molecule has 1 aliphatic heterocycles. The first-order valence-electron chi connectivity index (χ1n) is 6.75. The van der Waals surface area contributed by atoms with Crippen molar-refractivity contribution >= 4 is 17.1 Å². The van der Waals surface area contributed by atoms with Crippen LogP contribution in [0.25, 0.3) is 11.2 Å². The normalized spacial score (nSPS) is 30.3. The van der Waals surface area contributed by atoms with E-state index in [1.54, 1.807) is 0 Å². The molecule has 6 N–H and O–H groups in total. The highest BCUT2D eigenvalue weighted by Gasteiger charge is 2.54. The number of halogens is 1. The first kappa shape index (κ1) is 15.6. The van der Waals surface area contributed by atoms with E-state index in [0.717, 1.165) is 0 Å². The molecule has 1 fully saturated rings. The summed E-state index contributed by atoms with van der Waals surface area (Å²) in [7, 11) is 0. The highest BCUT2D eigenvalue weighted by Crippen LogP contribution is 2.37. The molecule has 23 heavy (non-hydrogen) atoms. The van der Waals surface area contributed by atoms with Gasteiger partial charge < -0.3 is 26.4 Å². The van der Waals surface area contributed by atoms with Gasteiger partial charge in [-0.2, -0.15) is 4.98 Å². The van der Waals surface area contributed by atoms with Gasteiger partial charge in [-0.15, -0.1) is 0 Å². The lowest BCUT2D eigenvalue weighted by Crippen LogP contribution is -2.53. The van der Waals surface area contributed by atoms with Crippen LogP contribution in [0.3, 0.4) is 0 Å². The number of nitrogens with two attached hydrogens (primary N) is 2. The number of alkyl halides is 1. The van der Waals surface area contributed by atoms with Crippen LogP contribution in [-0.2, 0) is 4.74 Å². The lowest BCUT2D eigenvalue weighted by atomic mass is 9.91. The molecule has 122 valence electrons. The fourth-order valence-electron chi connectivity index (χ4n) is 2.58. The first-order valence-corrected chi connectivity index (χ1v) is 6.75. The van der Waals surface area contributed by atoms with Gasteiger partial charge in [0.25, 0.3) is 0 Å². The third-order valence-electron chi connectivity index (χ3n) is 3.69. The molecule has 3 rings (SSSR count). The van der Waals surface area contributed by atoms with Gasteiger partial charge in [-0.3, -0.25) is 4.57 Å². The van der Waals surface area contributed by atoms with Crippen molar-refractivity contribution in [2.75, 3.05) is 19.0 Å². The average molecular weight is 322 g/mol. The van der Waals surface area contributed by atoms with Crippen molar-refractivity contribution in [3.8, 4) is 11.8 Å². The molecule has 10 heteroatoms. The molecule has 2 aromatic heterocycles. The Kier molecular flexibility index (Phi) is 3.87. The van der Waals surface area contributed by atoms with Gasteiger partial charge >= 0.3 is 0 Å². The fraction of sp³-hybridized carbons (Fsp3) is 0.462. The molecule has 0 aliphatic carbocycles. The number of nitrogens with zero attached hydrogens (tertiary/aromatic N) is 4. The summed E-state index contributed by atoms with van der Waals surface area (Å²) in [5.74, 6) is 4.71. The molecule has 0 spiro atoms. The van der Waals surface area contributed by atoms with Gasteiger partial charge in [-0.05, 0) is 0 Å². The first-order chi connectivity index (χ1) is 11.0. The molecule has 3 heterocycles. The predicted molar refractivity (Wildman–Crippen MR) is 77.4 cm³/mol. The lowest BCUT2D eigenvalue weighted by Gasteiger charge is -2.27. The van der Waals surface area contributed by atoms with Gasteiger partial charge in [0.1, 0.15) is 24.4 Å². The molecule has 4 atom stereocenters. The van der Waals surface area contributed by atoms with Gasteiger partial charge in [-0.25, -0.2) is 14.4 Å². The Hall–Kier alpha value is -2.32. The Morgan fingerprint density at radius 2 is 2.26 bits per heavy atom. The van der Waals surface area contributed by atoms with E-state index in [1.165, 1.54) is 17.1 Å². The van der Waals surface area contributed by atoms with Crippen molar-refractivity contribution in [1.82, 2.24) is 19.5 Å². The number of hydrogen-bond donors (Lipinski definition) is 4. The molecular formula is C13H15FN6O3. The van der Waals surface area contributed by atoms with E-state index < -0.39 is 37.3 Å². The molecule has 9 nitrogen and oxygen atoms in total. The van der Waals surface area contributed by atoms with Crippen LogP contribution in [0.5, 0.6) is 0 Å². The van der Waals surface area contributed by atoms with Crippen LogP contribution in [0, 0.1) is 11.8 Å². The molecule has 2 aromatic rings. The summed E-state index contributed by atoms with van der Waals surface area (Å²) in [6.45, 7) is -1.40. The van der Waals surface area contributed by atoms with E-state index in [2.05, 4.69) is 26.8 Å². The number of aliphatic hydroxyl groups excluding tert-OH is 2. The van der Waals surface area contributed by atoms with Crippen LogP contribution in [-0.4, -0.2) is 60.8 Å². The summed E-state index contributed by atoms with van der Waals surface area (Å²) in [4.78, 5) is 12.0. The Labute approximate surface area is 130 Å². The minimum Gasteiger partial charge on any atom is -0.394 e. The maximum Gasteiger partial charge on any atom is 0.222 e. The number of rotatable bonds is 2. The lowest BCUT2D eigenvalue weighted by molar-refractivity contribution is -0.0447. The second-order valence-corrected chi connectivity index (χ2v) is 5.11. The Bertz CT molecular complexity index is 787. The smallest absolute Gasteiger partial charge is 0.222 e. The van der Waals surface area contributed by atoms with Gasteiger partial charge in [0.15, 0.2) is 17.4 Å². The summed E-state index contributed by atoms with van der Waals surface area (Å²) < 4.78 is 19.5. The SMILES string of the molecule is Nc1ncc2ncn([C@@H]3O[C@H](CO)[C@H](O)C3(N)C#CCF)c2n1. The second kappa shape index (κ2) is 5.71. The van der Waals surface area contributed by atoms with Crippen molar-refractivity contribution < 1.29 is 19.3 Å². The Morgan fingerprint density at radius 3 is 2.96 bits per heavy atom. The number of ether oxygens (including phenoxy) is 1. The molecule has 1 unspecified atom stereocenters. The minimum atomic E-state index is -1.65. The second-order valence-electron chi connectivity index (χ2n) is 5.11. The Morgan fingerprint density at radius 1 is 1.48 bits per heavy atom. The summed E-state index contributed by atoms with van der Waals surface area (Å²) in [5.41, 5.74) is 10.9. The fourth-order valence-corrected chi connectivity index (χ4v) is 2.58. The number of aliphatic hydroxyl groups is 2. The van der Waals surface area contributed by atoms with E-state index in [9.17, 15) is 14.6 Å². The van der Waals surface area contributed by atoms with E-state index in [-0.39, 0.29) is 5.95 Å². The van der Waals surface area contributed by atoms with Crippen molar-refractivity contribution in [3.63, 3.8) is 0 Å². The van der Waals surface area contributed by atoms with E-state index in [0.29, 0.717) is 11.2 Å². The molecule has 0 radical (unpaired) electrons. The number of hydrogen-bond acceptors (Lipinski definition) is 8. The zero-order chi connectivity index (χ0) is 16.6. The quantitative estimate of drug-likeness (QED) is 0.480. The van der Waals surface area contributed by atoms with E-state index in [1.807, 2.05) is 0 Å². The van der Waals surface area contributed by atoms with Crippen LogP contribution < -0.4 is 11.5 Å². The molecule has 0 saturated carbocycles. The van der Waals surface area contributed by atoms with Crippen molar-refractivity contribution in [1.29, 1.82) is 0 Å². The summed E-state index contributed by atoms with van der Waals surface area (Å²) >= 11 is 0. The molecule has 1 aliphatic rings. The van der Waals surface area contributed by atoms with Gasteiger partial charge in [0, 0.05) is 0 Å². The standard InChI is InChI=1S/C13H15FN6O3/c14-3-1-2-13(16)9(22)8(5-21)23-11(13)20-6-18-7-4-17-12(15)19-10(7)20/h4,6,8-9,11,21-22H,3,5,16H2,(H2,15,17,19)/t8-,9+,11-,13?/m1/s1. The van der Waals surface area contributed by atoms with Crippen LogP contribution in [0.2, 0.25) is 0 Å². The van der Waals surface area contributed by atoms with Crippen LogP contribution >= 0.6 is 0 Å². The summed E-state index contributed by atoms with van der Waals surface area (Å²) in [6, 6.07) is 0. The molecular weight excluding hydrogens is 307 g/mol. The summed E-state index contributed by atoms with van der Waals surface area (Å²) in [5, 5.41) is 19.6. The highest BCUT2D eigenvalue weighted by atomic mass is 19.1. The van der Waals surface area contributed by atoms with Gasteiger partial charge in [0.05, 0.1) is 19.1 Å².